The minimum absolute atomic E-state index is 0.354. The summed E-state index contributed by atoms with van der Waals surface area (Å²) in [6.07, 6.45) is 0. The van der Waals surface area contributed by atoms with Gasteiger partial charge >= 0.3 is 0 Å². The molecule has 0 fully saturated rings. The Labute approximate surface area is 114 Å². The lowest BCUT2D eigenvalue weighted by Crippen LogP contribution is -2.32. The van der Waals surface area contributed by atoms with E-state index in [2.05, 4.69) is 23.7 Å². The maximum atomic E-state index is 6.03. The van der Waals surface area contributed by atoms with E-state index in [0.717, 1.165) is 24.6 Å². The second-order valence-corrected chi connectivity index (χ2v) is 5.04. The minimum Gasteiger partial charge on any atom is -0.383 e. The molecular weight excluding hydrogens is 250 g/mol. The van der Waals surface area contributed by atoms with Gasteiger partial charge in [0.2, 0.25) is 0 Å². The Morgan fingerprint density at radius 1 is 1.44 bits per heavy atom. The van der Waals surface area contributed by atoms with E-state index in [1.54, 1.807) is 7.11 Å². The Morgan fingerprint density at radius 2 is 2.17 bits per heavy atom. The van der Waals surface area contributed by atoms with E-state index >= 15 is 0 Å². The van der Waals surface area contributed by atoms with Gasteiger partial charge in [0, 0.05) is 26.7 Å². The number of ether oxygens (including phenoxy) is 1. The molecule has 0 saturated carbocycles. The van der Waals surface area contributed by atoms with Crippen LogP contribution < -0.4 is 10.6 Å². The largest absolute Gasteiger partial charge is 0.383 e. The summed E-state index contributed by atoms with van der Waals surface area (Å²) in [4.78, 5) is 6.71. The van der Waals surface area contributed by atoms with Gasteiger partial charge in [-0.1, -0.05) is 25.4 Å². The number of anilines is 1. The predicted molar refractivity (Wildman–Crippen MR) is 76.1 cm³/mol. The van der Waals surface area contributed by atoms with E-state index in [9.17, 15) is 0 Å². The fourth-order valence-corrected chi connectivity index (χ4v) is 1.92. The molecule has 0 atom stereocenters. The Hall–Kier alpha value is -0.840. The Kier molecular flexibility index (Phi) is 6.39. The molecule has 0 aromatic carbocycles. The molecule has 1 aromatic rings. The molecule has 0 radical (unpaired) electrons. The van der Waals surface area contributed by atoms with Crippen molar-refractivity contribution in [2.24, 2.45) is 11.7 Å². The molecule has 2 N–H and O–H groups in total. The molecule has 0 bridgehead atoms. The van der Waals surface area contributed by atoms with Crippen LogP contribution in [0, 0.1) is 5.92 Å². The van der Waals surface area contributed by atoms with Gasteiger partial charge in [0.05, 0.1) is 17.3 Å². The molecule has 0 unspecified atom stereocenters. The number of rotatable bonds is 7. The molecule has 5 heteroatoms. The van der Waals surface area contributed by atoms with Crippen molar-refractivity contribution in [3.8, 4) is 0 Å². The number of methoxy groups -OCH3 is 1. The Bertz CT molecular complexity index is 371. The number of aromatic nitrogens is 1. The summed E-state index contributed by atoms with van der Waals surface area (Å²) < 4.78 is 5.14. The third kappa shape index (κ3) is 4.44. The quantitative estimate of drug-likeness (QED) is 0.827. The average Bonchev–Trinajstić information content (AvgIpc) is 2.34. The highest BCUT2D eigenvalue weighted by molar-refractivity contribution is 6.31. The smallest absolute Gasteiger partial charge is 0.129 e. The first-order chi connectivity index (χ1) is 8.58. The molecule has 1 heterocycles. The summed E-state index contributed by atoms with van der Waals surface area (Å²) in [7, 11) is 1.70. The van der Waals surface area contributed by atoms with Gasteiger partial charge in [-0.15, -0.1) is 0 Å². The molecule has 18 heavy (non-hydrogen) atoms. The van der Waals surface area contributed by atoms with Gasteiger partial charge in [0.15, 0.2) is 0 Å². The van der Waals surface area contributed by atoms with Gasteiger partial charge in [0.1, 0.15) is 5.82 Å². The van der Waals surface area contributed by atoms with E-state index in [1.807, 2.05) is 12.1 Å². The molecule has 0 saturated heterocycles. The Balaban J connectivity index is 2.89. The van der Waals surface area contributed by atoms with Crippen molar-refractivity contribution >= 4 is 17.4 Å². The number of hydrogen-bond acceptors (Lipinski definition) is 4. The van der Waals surface area contributed by atoms with Crippen molar-refractivity contribution in [2.45, 2.75) is 20.4 Å². The maximum Gasteiger partial charge on any atom is 0.129 e. The number of nitrogens with two attached hydrogens (primary N) is 1. The second kappa shape index (κ2) is 7.56. The van der Waals surface area contributed by atoms with Gasteiger partial charge in [0.25, 0.3) is 0 Å². The molecule has 1 aromatic heterocycles. The van der Waals surface area contributed by atoms with Crippen molar-refractivity contribution in [2.75, 3.05) is 31.7 Å². The molecule has 0 spiro atoms. The van der Waals surface area contributed by atoms with Crippen LogP contribution in [0.15, 0.2) is 12.1 Å². The molecule has 102 valence electrons. The topological polar surface area (TPSA) is 51.4 Å². The van der Waals surface area contributed by atoms with Gasteiger partial charge in [-0.3, -0.25) is 0 Å². The number of pyridine rings is 1. The summed E-state index contributed by atoms with van der Waals surface area (Å²) >= 11 is 6.03. The first kappa shape index (κ1) is 15.2. The average molecular weight is 272 g/mol. The van der Waals surface area contributed by atoms with Crippen LogP contribution in [-0.4, -0.2) is 31.8 Å². The number of nitrogens with zero attached hydrogens (tertiary/aromatic N) is 2. The van der Waals surface area contributed by atoms with Crippen molar-refractivity contribution in [1.29, 1.82) is 0 Å². The molecule has 4 nitrogen and oxygen atoms in total. The van der Waals surface area contributed by atoms with Gasteiger partial charge in [-0.25, -0.2) is 4.98 Å². The first-order valence-corrected chi connectivity index (χ1v) is 6.55. The van der Waals surface area contributed by atoms with Crippen LogP contribution in [0.5, 0.6) is 0 Å². The van der Waals surface area contributed by atoms with E-state index in [-0.39, 0.29) is 0 Å². The highest BCUT2D eigenvalue weighted by Gasteiger charge is 2.11. The highest BCUT2D eigenvalue weighted by atomic mass is 35.5. The highest BCUT2D eigenvalue weighted by Crippen LogP contribution is 2.19. The van der Waals surface area contributed by atoms with Crippen molar-refractivity contribution in [3.05, 3.63) is 22.8 Å². The zero-order valence-corrected chi connectivity index (χ0v) is 12.1. The standard InChI is InChI=1S/C13H22ClN3O/c1-10(2)9-17(6-7-18-3)13-5-4-11(14)12(8-15)16-13/h4-5,10H,6-9,15H2,1-3H3. The third-order valence-electron chi connectivity index (χ3n) is 2.57. The minimum atomic E-state index is 0.354. The zero-order chi connectivity index (χ0) is 13.5. The van der Waals surface area contributed by atoms with Gasteiger partial charge in [-0.2, -0.15) is 0 Å². The molecule has 0 aliphatic carbocycles. The molecule has 0 amide bonds. The lowest BCUT2D eigenvalue weighted by molar-refractivity contribution is 0.204. The zero-order valence-electron chi connectivity index (χ0n) is 11.3. The lowest BCUT2D eigenvalue weighted by atomic mass is 10.2. The summed E-state index contributed by atoms with van der Waals surface area (Å²) in [5, 5.41) is 0.623. The maximum absolute atomic E-state index is 6.03. The van der Waals surface area contributed by atoms with E-state index in [4.69, 9.17) is 22.1 Å². The lowest BCUT2D eigenvalue weighted by Gasteiger charge is -2.25. The van der Waals surface area contributed by atoms with Crippen LogP contribution in [0.1, 0.15) is 19.5 Å². The molecular formula is C13H22ClN3O. The van der Waals surface area contributed by atoms with Gasteiger partial charge in [-0.05, 0) is 18.1 Å². The van der Waals surface area contributed by atoms with Crippen LogP contribution in [0.4, 0.5) is 5.82 Å². The summed E-state index contributed by atoms with van der Waals surface area (Å²) in [6.45, 7) is 7.13. The van der Waals surface area contributed by atoms with E-state index in [1.165, 1.54) is 0 Å². The molecule has 0 aliphatic heterocycles. The predicted octanol–water partition coefficient (Wildman–Crippen LogP) is 2.30. The normalized spacial score (nSPS) is 11.0. The molecule has 1 rings (SSSR count). The second-order valence-electron chi connectivity index (χ2n) is 4.63. The Morgan fingerprint density at radius 3 is 2.72 bits per heavy atom. The van der Waals surface area contributed by atoms with Crippen LogP contribution in [0.2, 0.25) is 5.02 Å². The fourth-order valence-electron chi connectivity index (χ4n) is 1.73. The molecule has 0 aliphatic rings. The van der Waals surface area contributed by atoms with Crippen LogP contribution in [0.3, 0.4) is 0 Å². The third-order valence-corrected chi connectivity index (χ3v) is 2.92. The van der Waals surface area contributed by atoms with Crippen LogP contribution in [0.25, 0.3) is 0 Å². The van der Waals surface area contributed by atoms with Crippen LogP contribution in [-0.2, 0) is 11.3 Å². The van der Waals surface area contributed by atoms with Crippen molar-refractivity contribution < 1.29 is 4.74 Å². The van der Waals surface area contributed by atoms with Crippen molar-refractivity contribution in [1.82, 2.24) is 4.98 Å². The van der Waals surface area contributed by atoms with E-state index in [0.29, 0.717) is 24.1 Å². The summed E-state index contributed by atoms with van der Waals surface area (Å²) in [5.41, 5.74) is 6.37. The first-order valence-electron chi connectivity index (χ1n) is 6.17. The summed E-state index contributed by atoms with van der Waals surface area (Å²) in [5.74, 6) is 1.46. The summed E-state index contributed by atoms with van der Waals surface area (Å²) in [6, 6.07) is 3.78. The number of hydrogen-bond donors (Lipinski definition) is 1. The number of halogens is 1. The van der Waals surface area contributed by atoms with Crippen molar-refractivity contribution in [3.63, 3.8) is 0 Å². The van der Waals surface area contributed by atoms with Gasteiger partial charge < -0.3 is 15.4 Å². The SMILES string of the molecule is COCCN(CC(C)C)c1ccc(Cl)c(CN)n1. The monoisotopic (exact) mass is 271 g/mol. The van der Waals surface area contributed by atoms with Crippen LogP contribution >= 0.6 is 11.6 Å². The van der Waals surface area contributed by atoms with E-state index < -0.39 is 0 Å². The fraction of sp³-hybridized carbons (Fsp3) is 0.615.